The summed E-state index contributed by atoms with van der Waals surface area (Å²) >= 11 is 0. The van der Waals surface area contributed by atoms with E-state index in [1.807, 2.05) is 30.6 Å². The van der Waals surface area contributed by atoms with Crippen molar-refractivity contribution in [2.45, 2.75) is 58.0 Å². The minimum Gasteiger partial charge on any atom is -0.337 e. The standard InChI is InChI=1S/C17H23N3O/c1-13-6-5-7-14(2)20(13)17(21)10-9-16-18-12-15-8-3-4-11-19(15)16/h3-4,8,11-14H,5-7,9-10H2,1-2H3. The van der Waals surface area contributed by atoms with E-state index in [9.17, 15) is 4.79 Å². The fourth-order valence-corrected chi connectivity index (χ4v) is 3.45. The Morgan fingerprint density at radius 2 is 2.05 bits per heavy atom. The summed E-state index contributed by atoms with van der Waals surface area (Å²) in [4.78, 5) is 19.1. The summed E-state index contributed by atoms with van der Waals surface area (Å²) in [7, 11) is 0. The number of piperidine rings is 1. The predicted octanol–water partition coefficient (Wildman–Crippen LogP) is 3.06. The maximum Gasteiger partial charge on any atom is 0.223 e. The lowest BCUT2D eigenvalue weighted by Gasteiger charge is -2.39. The smallest absolute Gasteiger partial charge is 0.223 e. The molecule has 1 aliphatic heterocycles. The summed E-state index contributed by atoms with van der Waals surface area (Å²) in [6.45, 7) is 4.33. The van der Waals surface area contributed by atoms with E-state index in [1.165, 1.54) is 6.42 Å². The van der Waals surface area contributed by atoms with Crippen LogP contribution < -0.4 is 0 Å². The van der Waals surface area contributed by atoms with Crippen LogP contribution in [0.1, 0.15) is 45.4 Å². The van der Waals surface area contributed by atoms with Crippen LogP contribution in [0.2, 0.25) is 0 Å². The van der Waals surface area contributed by atoms with Crippen molar-refractivity contribution in [2.24, 2.45) is 0 Å². The van der Waals surface area contributed by atoms with E-state index < -0.39 is 0 Å². The van der Waals surface area contributed by atoms with E-state index in [0.29, 0.717) is 24.9 Å². The van der Waals surface area contributed by atoms with Crippen molar-refractivity contribution in [3.8, 4) is 0 Å². The summed E-state index contributed by atoms with van der Waals surface area (Å²) in [5, 5.41) is 0. The van der Waals surface area contributed by atoms with Gasteiger partial charge in [-0.15, -0.1) is 0 Å². The third-order valence-corrected chi connectivity index (χ3v) is 4.56. The highest BCUT2D eigenvalue weighted by atomic mass is 16.2. The Morgan fingerprint density at radius 3 is 2.81 bits per heavy atom. The largest absolute Gasteiger partial charge is 0.337 e. The van der Waals surface area contributed by atoms with Gasteiger partial charge in [-0.1, -0.05) is 6.07 Å². The van der Waals surface area contributed by atoms with E-state index in [2.05, 4.69) is 28.1 Å². The SMILES string of the molecule is CC1CCCC(C)N1C(=O)CCc1ncc2ccccn12. The van der Waals surface area contributed by atoms with Gasteiger partial charge in [-0.3, -0.25) is 4.79 Å². The van der Waals surface area contributed by atoms with Crippen LogP contribution >= 0.6 is 0 Å². The number of carbonyl (C=O) groups is 1. The van der Waals surface area contributed by atoms with E-state index >= 15 is 0 Å². The first-order valence-electron chi connectivity index (χ1n) is 7.89. The Morgan fingerprint density at radius 1 is 1.29 bits per heavy atom. The number of amides is 1. The van der Waals surface area contributed by atoms with Crippen LogP contribution in [0.25, 0.3) is 5.52 Å². The van der Waals surface area contributed by atoms with E-state index in [1.54, 1.807) is 0 Å². The minimum atomic E-state index is 0.266. The number of nitrogens with zero attached hydrogens (tertiary/aromatic N) is 3. The third kappa shape index (κ3) is 2.80. The van der Waals surface area contributed by atoms with Crippen LogP contribution in [-0.2, 0) is 11.2 Å². The number of hydrogen-bond acceptors (Lipinski definition) is 2. The van der Waals surface area contributed by atoms with Gasteiger partial charge in [0.15, 0.2) is 0 Å². The average molecular weight is 285 g/mol. The van der Waals surface area contributed by atoms with Gasteiger partial charge in [0.1, 0.15) is 5.82 Å². The molecule has 0 spiro atoms. The molecule has 21 heavy (non-hydrogen) atoms. The Balaban J connectivity index is 1.68. The van der Waals surface area contributed by atoms with Gasteiger partial charge in [-0.2, -0.15) is 0 Å². The number of pyridine rings is 1. The van der Waals surface area contributed by atoms with Crippen molar-refractivity contribution in [3.63, 3.8) is 0 Å². The number of likely N-dealkylation sites (tertiary alicyclic amines) is 1. The van der Waals surface area contributed by atoms with Crippen LogP contribution in [0.5, 0.6) is 0 Å². The second-order valence-corrected chi connectivity index (χ2v) is 6.10. The number of fused-ring (bicyclic) bond motifs is 1. The quantitative estimate of drug-likeness (QED) is 0.869. The second-order valence-electron chi connectivity index (χ2n) is 6.10. The molecule has 112 valence electrons. The molecule has 2 atom stereocenters. The zero-order valence-corrected chi connectivity index (χ0v) is 12.8. The van der Waals surface area contributed by atoms with Crippen molar-refractivity contribution in [1.82, 2.24) is 14.3 Å². The van der Waals surface area contributed by atoms with Crippen molar-refractivity contribution < 1.29 is 4.79 Å². The summed E-state index contributed by atoms with van der Waals surface area (Å²) in [6, 6.07) is 6.78. The van der Waals surface area contributed by atoms with Gasteiger partial charge in [-0.25, -0.2) is 4.98 Å². The zero-order valence-electron chi connectivity index (χ0n) is 12.8. The highest BCUT2D eigenvalue weighted by Gasteiger charge is 2.28. The van der Waals surface area contributed by atoms with E-state index in [0.717, 1.165) is 24.2 Å². The number of rotatable bonds is 3. The van der Waals surface area contributed by atoms with Gasteiger partial charge in [0, 0.05) is 31.1 Å². The monoisotopic (exact) mass is 285 g/mol. The van der Waals surface area contributed by atoms with Crippen LogP contribution in [0.3, 0.4) is 0 Å². The molecule has 1 fully saturated rings. The Kier molecular flexibility index (Phi) is 3.95. The Hall–Kier alpha value is -1.84. The van der Waals surface area contributed by atoms with Gasteiger partial charge in [0.05, 0.1) is 11.7 Å². The maximum absolute atomic E-state index is 12.5. The molecular weight excluding hydrogens is 262 g/mol. The van der Waals surface area contributed by atoms with E-state index in [-0.39, 0.29) is 5.91 Å². The molecule has 0 radical (unpaired) electrons. The van der Waals surface area contributed by atoms with Crippen molar-refractivity contribution >= 4 is 11.4 Å². The lowest BCUT2D eigenvalue weighted by Crippen LogP contribution is -2.47. The zero-order chi connectivity index (χ0) is 14.8. The lowest BCUT2D eigenvalue weighted by atomic mass is 9.97. The molecular formula is C17H23N3O. The molecule has 0 aliphatic carbocycles. The molecule has 3 rings (SSSR count). The Bertz CT molecular complexity index is 624. The molecule has 0 N–H and O–H groups in total. The van der Waals surface area contributed by atoms with Crippen LogP contribution in [0.4, 0.5) is 0 Å². The third-order valence-electron chi connectivity index (χ3n) is 4.56. The molecule has 3 heterocycles. The molecule has 0 bridgehead atoms. The van der Waals surface area contributed by atoms with Crippen molar-refractivity contribution in [2.75, 3.05) is 0 Å². The summed E-state index contributed by atoms with van der Waals surface area (Å²) < 4.78 is 2.07. The fourth-order valence-electron chi connectivity index (χ4n) is 3.45. The predicted molar refractivity (Wildman–Crippen MR) is 83.1 cm³/mol. The van der Waals surface area contributed by atoms with Crippen molar-refractivity contribution in [1.29, 1.82) is 0 Å². The van der Waals surface area contributed by atoms with Gasteiger partial charge in [0.2, 0.25) is 5.91 Å². The lowest BCUT2D eigenvalue weighted by molar-refractivity contribution is -0.137. The highest BCUT2D eigenvalue weighted by molar-refractivity contribution is 5.77. The number of aromatic nitrogens is 2. The topological polar surface area (TPSA) is 37.6 Å². The van der Waals surface area contributed by atoms with Crippen LogP contribution in [0.15, 0.2) is 30.6 Å². The summed E-state index contributed by atoms with van der Waals surface area (Å²) in [5.41, 5.74) is 1.08. The second kappa shape index (κ2) is 5.88. The fraction of sp³-hybridized carbons (Fsp3) is 0.529. The molecule has 4 nitrogen and oxygen atoms in total. The summed E-state index contributed by atoms with van der Waals surface area (Å²) in [6.07, 6.45) is 8.61. The highest BCUT2D eigenvalue weighted by Crippen LogP contribution is 2.23. The Labute approximate surface area is 125 Å². The van der Waals surface area contributed by atoms with Crippen molar-refractivity contribution in [3.05, 3.63) is 36.4 Å². The molecule has 1 saturated heterocycles. The molecule has 0 aromatic carbocycles. The number of aryl methyl sites for hydroxylation is 1. The molecule has 2 aromatic rings. The number of carbonyl (C=O) groups excluding carboxylic acids is 1. The normalized spacial score (nSPS) is 22.7. The van der Waals surface area contributed by atoms with Gasteiger partial charge in [0.25, 0.3) is 0 Å². The molecule has 4 heteroatoms. The molecule has 2 unspecified atom stereocenters. The average Bonchev–Trinajstić information content (AvgIpc) is 2.88. The molecule has 2 aromatic heterocycles. The molecule has 1 amide bonds. The van der Waals surface area contributed by atoms with Crippen LogP contribution in [0, 0.1) is 0 Å². The number of imidazole rings is 1. The molecule has 0 saturated carbocycles. The first-order chi connectivity index (χ1) is 10.2. The van der Waals surface area contributed by atoms with Gasteiger partial charge in [-0.05, 0) is 45.2 Å². The number of hydrogen-bond donors (Lipinski definition) is 0. The molecule has 1 aliphatic rings. The first kappa shape index (κ1) is 14.1. The maximum atomic E-state index is 12.5. The van der Waals surface area contributed by atoms with Crippen LogP contribution in [-0.4, -0.2) is 32.3 Å². The minimum absolute atomic E-state index is 0.266. The van der Waals surface area contributed by atoms with Gasteiger partial charge >= 0.3 is 0 Å². The van der Waals surface area contributed by atoms with Gasteiger partial charge < -0.3 is 9.30 Å². The first-order valence-corrected chi connectivity index (χ1v) is 7.89. The summed E-state index contributed by atoms with van der Waals surface area (Å²) in [5.74, 6) is 1.23. The van der Waals surface area contributed by atoms with E-state index in [4.69, 9.17) is 0 Å².